The predicted molar refractivity (Wildman–Crippen MR) is 97.0 cm³/mol. The van der Waals surface area contributed by atoms with Gasteiger partial charge in [-0.15, -0.1) is 0 Å². The summed E-state index contributed by atoms with van der Waals surface area (Å²) in [5, 5.41) is 9.00. The van der Waals surface area contributed by atoms with E-state index in [1.165, 1.54) is 31.4 Å². The third-order valence-corrected chi connectivity index (χ3v) is 5.14. The number of rotatable bonds is 4. The van der Waals surface area contributed by atoms with E-state index in [1.807, 2.05) is 0 Å². The summed E-state index contributed by atoms with van der Waals surface area (Å²) >= 11 is 0. The van der Waals surface area contributed by atoms with Gasteiger partial charge in [-0.25, -0.2) is 17.9 Å². The summed E-state index contributed by atoms with van der Waals surface area (Å²) in [6.07, 6.45) is -4.77. The molecule has 29 heavy (non-hydrogen) atoms. The molecule has 0 unspecified atom stereocenters. The van der Waals surface area contributed by atoms with Crippen LogP contribution in [0.3, 0.4) is 0 Å². The molecule has 0 bridgehead atoms. The third kappa shape index (κ3) is 3.96. The van der Waals surface area contributed by atoms with Crippen molar-refractivity contribution in [1.82, 2.24) is 9.78 Å². The molecule has 1 aromatic heterocycles. The lowest BCUT2D eigenvalue weighted by Gasteiger charge is -2.12. The van der Waals surface area contributed by atoms with Crippen LogP contribution in [0, 0.1) is 5.82 Å². The molecule has 0 saturated heterocycles. The lowest BCUT2D eigenvalue weighted by Crippen LogP contribution is -2.13. The highest BCUT2D eigenvalue weighted by atomic mass is 32.2. The standard InChI is InChI=1S/C18H15F4N3O3S/c1-25-17(18(20,21)22)15(11-5-8-14(28-2)13(19)9-11)16(24-25)10-3-6-12(7-4-10)29(23,26)27/h3-9H,1-2H3,(H2,23,26,27). The number of aryl methyl sites for hydroxylation is 1. The van der Waals surface area contributed by atoms with Gasteiger partial charge in [-0.3, -0.25) is 4.68 Å². The van der Waals surface area contributed by atoms with Gasteiger partial charge in [0.2, 0.25) is 10.0 Å². The second-order valence-electron chi connectivity index (χ2n) is 6.11. The number of methoxy groups -OCH3 is 1. The van der Waals surface area contributed by atoms with Gasteiger partial charge in [-0.2, -0.15) is 18.3 Å². The lowest BCUT2D eigenvalue weighted by atomic mass is 9.98. The number of primary sulfonamides is 1. The van der Waals surface area contributed by atoms with Gasteiger partial charge in [0.15, 0.2) is 17.3 Å². The van der Waals surface area contributed by atoms with Crippen molar-refractivity contribution in [3.63, 3.8) is 0 Å². The number of alkyl halides is 3. The van der Waals surface area contributed by atoms with E-state index < -0.39 is 27.7 Å². The van der Waals surface area contributed by atoms with Crippen molar-refractivity contribution < 1.29 is 30.7 Å². The minimum absolute atomic E-state index is 0.0609. The number of hydrogen-bond donors (Lipinski definition) is 1. The SMILES string of the molecule is COc1ccc(-c2c(-c3ccc(S(N)(=O)=O)cc3)nn(C)c2C(F)(F)F)cc1F. The number of sulfonamides is 1. The number of nitrogens with two attached hydrogens (primary N) is 1. The fourth-order valence-electron chi connectivity index (χ4n) is 2.95. The minimum atomic E-state index is -4.77. The molecule has 0 aliphatic heterocycles. The maximum Gasteiger partial charge on any atom is 0.433 e. The largest absolute Gasteiger partial charge is 0.494 e. The molecular formula is C18H15F4N3O3S. The second-order valence-corrected chi connectivity index (χ2v) is 7.67. The average Bonchev–Trinajstić information content (AvgIpc) is 2.98. The van der Waals surface area contributed by atoms with E-state index in [0.29, 0.717) is 4.68 Å². The smallest absolute Gasteiger partial charge is 0.433 e. The lowest BCUT2D eigenvalue weighted by molar-refractivity contribution is -0.143. The van der Waals surface area contributed by atoms with Crippen molar-refractivity contribution in [1.29, 1.82) is 0 Å². The van der Waals surface area contributed by atoms with E-state index >= 15 is 0 Å². The number of nitrogens with zero attached hydrogens (tertiary/aromatic N) is 2. The second kappa shape index (κ2) is 7.16. The van der Waals surface area contributed by atoms with Gasteiger partial charge in [-0.05, 0) is 29.8 Å². The number of benzene rings is 2. The average molecular weight is 429 g/mol. The van der Waals surface area contributed by atoms with E-state index in [1.54, 1.807) is 0 Å². The summed E-state index contributed by atoms with van der Waals surface area (Å²) in [6.45, 7) is 0. The topological polar surface area (TPSA) is 87.2 Å². The van der Waals surface area contributed by atoms with Crippen molar-refractivity contribution in [3.8, 4) is 28.1 Å². The van der Waals surface area contributed by atoms with Crippen LogP contribution < -0.4 is 9.88 Å². The van der Waals surface area contributed by atoms with Gasteiger partial charge in [-0.1, -0.05) is 18.2 Å². The number of aromatic nitrogens is 2. The van der Waals surface area contributed by atoms with Crippen LogP contribution in [0.4, 0.5) is 17.6 Å². The van der Waals surface area contributed by atoms with E-state index in [2.05, 4.69) is 5.10 Å². The van der Waals surface area contributed by atoms with Gasteiger partial charge >= 0.3 is 6.18 Å². The Balaban J connectivity index is 2.27. The zero-order chi connectivity index (χ0) is 21.6. The first kappa shape index (κ1) is 20.8. The molecule has 0 spiro atoms. The zero-order valence-corrected chi connectivity index (χ0v) is 16.0. The molecule has 11 heteroatoms. The Morgan fingerprint density at radius 2 is 1.66 bits per heavy atom. The first-order valence-electron chi connectivity index (χ1n) is 8.05. The summed E-state index contributed by atoms with van der Waals surface area (Å²) in [5.74, 6) is -0.956. The van der Waals surface area contributed by atoms with Crippen molar-refractivity contribution >= 4 is 10.0 Å². The maximum atomic E-state index is 14.2. The molecule has 0 aliphatic rings. The number of halogens is 4. The Morgan fingerprint density at radius 3 is 2.14 bits per heavy atom. The Kier molecular flexibility index (Phi) is 5.13. The fraction of sp³-hybridized carbons (Fsp3) is 0.167. The van der Waals surface area contributed by atoms with Crippen molar-refractivity contribution in [2.24, 2.45) is 12.2 Å². The van der Waals surface area contributed by atoms with Gasteiger partial charge in [0.05, 0.1) is 12.0 Å². The molecule has 0 atom stereocenters. The van der Waals surface area contributed by atoms with Crippen LogP contribution in [0.2, 0.25) is 0 Å². The van der Waals surface area contributed by atoms with Crippen LogP contribution in [-0.2, 0) is 23.2 Å². The molecule has 0 radical (unpaired) electrons. The van der Waals surface area contributed by atoms with E-state index in [0.717, 1.165) is 25.2 Å². The maximum absolute atomic E-state index is 14.2. The van der Waals surface area contributed by atoms with Crippen molar-refractivity contribution in [2.75, 3.05) is 7.11 Å². The Labute approximate surface area is 163 Å². The molecule has 0 amide bonds. The predicted octanol–water partition coefficient (Wildman–Crippen LogP) is 3.57. The molecule has 3 rings (SSSR count). The molecule has 2 N–H and O–H groups in total. The van der Waals surface area contributed by atoms with Crippen LogP contribution in [0.5, 0.6) is 5.75 Å². The summed E-state index contributed by atoms with van der Waals surface area (Å²) in [6, 6.07) is 8.31. The highest BCUT2D eigenvalue weighted by Crippen LogP contribution is 2.43. The highest BCUT2D eigenvalue weighted by molar-refractivity contribution is 7.89. The molecule has 3 aromatic rings. The van der Waals surface area contributed by atoms with Gasteiger partial charge < -0.3 is 4.74 Å². The summed E-state index contributed by atoms with van der Waals surface area (Å²) < 4.78 is 83.6. The van der Waals surface area contributed by atoms with Crippen LogP contribution in [0.25, 0.3) is 22.4 Å². The molecular weight excluding hydrogens is 414 g/mol. The first-order chi connectivity index (χ1) is 13.4. The summed E-state index contributed by atoms with van der Waals surface area (Å²) in [4.78, 5) is -0.203. The van der Waals surface area contributed by atoms with Gasteiger partial charge in [0, 0.05) is 18.2 Å². The Morgan fingerprint density at radius 1 is 1.07 bits per heavy atom. The fourth-order valence-corrected chi connectivity index (χ4v) is 3.46. The number of ether oxygens (including phenoxy) is 1. The molecule has 154 valence electrons. The Bertz CT molecular complexity index is 1170. The molecule has 1 heterocycles. The molecule has 0 aliphatic carbocycles. The van der Waals surface area contributed by atoms with Crippen LogP contribution in [0.1, 0.15) is 5.69 Å². The van der Waals surface area contributed by atoms with E-state index in [4.69, 9.17) is 9.88 Å². The van der Waals surface area contributed by atoms with Crippen LogP contribution in [-0.4, -0.2) is 25.3 Å². The summed E-state index contributed by atoms with van der Waals surface area (Å²) in [5.41, 5.74) is -1.37. The van der Waals surface area contributed by atoms with Gasteiger partial charge in [0.1, 0.15) is 5.69 Å². The molecule has 6 nitrogen and oxygen atoms in total. The summed E-state index contributed by atoms with van der Waals surface area (Å²) in [7, 11) is -1.62. The van der Waals surface area contributed by atoms with E-state index in [9.17, 15) is 26.0 Å². The molecule has 0 saturated carbocycles. The number of hydrogen-bond acceptors (Lipinski definition) is 4. The molecule has 2 aromatic carbocycles. The normalized spacial score (nSPS) is 12.2. The van der Waals surface area contributed by atoms with E-state index in [-0.39, 0.29) is 33.0 Å². The van der Waals surface area contributed by atoms with Crippen molar-refractivity contribution in [2.45, 2.75) is 11.1 Å². The third-order valence-electron chi connectivity index (χ3n) is 4.21. The molecule has 0 fully saturated rings. The van der Waals surface area contributed by atoms with Crippen molar-refractivity contribution in [3.05, 3.63) is 54.0 Å². The zero-order valence-electron chi connectivity index (χ0n) is 15.2. The minimum Gasteiger partial charge on any atom is -0.494 e. The monoisotopic (exact) mass is 429 g/mol. The Hall–Kier alpha value is -2.92. The quantitative estimate of drug-likeness (QED) is 0.643. The highest BCUT2D eigenvalue weighted by Gasteiger charge is 2.40. The first-order valence-corrected chi connectivity index (χ1v) is 9.59. The van der Waals surface area contributed by atoms with Crippen LogP contribution in [0.15, 0.2) is 47.4 Å². The van der Waals surface area contributed by atoms with Crippen LogP contribution >= 0.6 is 0 Å². The van der Waals surface area contributed by atoms with Gasteiger partial charge in [0.25, 0.3) is 0 Å².